The summed E-state index contributed by atoms with van der Waals surface area (Å²) in [6.07, 6.45) is 3.38. The Morgan fingerprint density at radius 3 is 2.77 bits per heavy atom. The third-order valence-electron chi connectivity index (χ3n) is 5.29. The van der Waals surface area contributed by atoms with Crippen molar-refractivity contribution in [1.29, 1.82) is 0 Å². The number of nitrogens with one attached hydrogen (secondary N) is 1. The molecule has 2 aromatic carbocycles. The van der Waals surface area contributed by atoms with Crippen LogP contribution in [0.4, 0.5) is 5.82 Å². The first kappa shape index (κ1) is 21.2. The molecule has 1 amide bonds. The maximum absolute atomic E-state index is 12.9. The van der Waals surface area contributed by atoms with Gasteiger partial charge in [0.2, 0.25) is 0 Å². The van der Waals surface area contributed by atoms with Gasteiger partial charge in [0.25, 0.3) is 5.91 Å². The van der Waals surface area contributed by atoms with Crippen molar-refractivity contribution in [1.82, 2.24) is 4.98 Å². The molecule has 1 aliphatic rings. The maximum Gasteiger partial charge on any atom is 0.257 e. The number of anilines is 1. The lowest BCUT2D eigenvalue weighted by Gasteiger charge is -2.33. The first-order valence-electron chi connectivity index (χ1n) is 10.3. The summed E-state index contributed by atoms with van der Waals surface area (Å²) in [5, 5.41) is 3.49. The van der Waals surface area contributed by atoms with Gasteiger partial charge >= 0.3 is 0 Å². The maximum atomic E-state index is 12.9. The van der Waals surface area contributed by atoms with Gasteiger partial charge < -0.3 is 14.8 Å². The zero-order valence-electron chi connectivity index (χ0n) is 17.9. The minimum Gasteiger partial charge on any atom is -0.488 e. The average molecular weight is 437 g/mol. The quantitative estimate of drug-likeness (QED) is 0.534. The Bertz CT molecular complexity index is 1110. The van der Waals surface area contributed by atoms with Crippen molar-refractivity contribution in [2.24, 2.45) is 0 Å². The van der Waals surface area contributed by atoms with Crippen LogP contribution < -0.4 is 14.8 Å². The second kappa shape index (κ2) is 8.60. The molecule has 0 unspecified atom stereocenters. The van der Waals surface area contributed by atoms with E-state index in [0.29, 0.717) is 34.5 Å². The van der Waals surface area contributed by atoms with Gasteiger partial charge in [-0.25, -0.2) is 4.98 Å². The van der Waals surface area contributed by atoms with Crippen LogP contribution in [0.1, 0.15) is 47.3 Å². The highest BCUT2D eigenvalue weighted by molar-refractivity contribution is 6.31. The highest BCUT2D eigenvalue weighted by Crippen LogP contribution is 2.40. The number of ether oxygens (including phenoxy) is 2. The highest BCUT2D eigenvalue weighted by Gasteiger charge is 2.30. The van der Waals surface area contributed by atoms with E-state index in [-0.39, 0.29) is 11.5 Å². The molecule has 1 aromatic heterocycles. The van der Waals surface area contributed by atoms with Gasteiger partial charge in [0, 0.05) is 27.9 Å². The van der Waals surface area contributed by atoms with E-state index in [4.69, 9.17) is 21.1 Å². The molecule has 0 saturated heterocycles. The van der Waals surface area contributed by atoms with Crippen LogP contribution in [-0.2, 0) is 13.0 Å². The van der Waals surface area contributed by atoms with E-state index < -0.39 is 0 Å². The van der Waals surface area contributed by atoms with E-state index in [9.17, 15) is 4.79 Å². The number of amides is 1. The van der Waals surface area contributed by atoms with E-state index in [2.05, 4.69) is 10.3 Å². The second-order valence-corrected chi connectivity index (χ2v) is 8.78. The largest absolute Gasteiger partial charge is 0.488 e. The molecule has 160 valence electrons. The molecule has 0 atom stereocenters. The number of carbonyl (C=O) groups excluding carboxylic acids is 1. The van der Waals surface area contributed by atoms with Gasteiger partial charge in [-0.1, -0.05) is 35.9 Å². The van der Waals surface area contributed by atoms with Gasteiger partial charge in [-0.15, -0.1) is 0 Å². The molecule has 4 rings (SSSR count). The minimum absolute atomic E-state index is 0.270. The lowest BCUT2D eigenvalue weighted by Crippen LogP contribution is -2.33. The Morgan fingerprint density at radius 2 is 2.03 bits per heavy atom. The van der Waals surface area contributed by atoms with E-state index >= 15 is 0 Å². The van der Waals surface area contributed by atoms with Crippen molar-refractivity contribution < 1.29 is 14.3 Å². The predicted molar refractivity (Wildman–Crippen MR) is 122 cm³/mol. The number of hydrogen-bond donors (Lipinski definition) is 1. The smallest absolute Gasteiger partial charge is 0.257 e. The molecule has 6 heteroatoms. The van der Waals surface area contributed by atoms with Crippen LogP contribution in [0.25, 0.3) is 0 Å². The Kier molecular flexibility index (Phi) is 5.88. The van der Waals surface area contributed by atoms with Crippen molar-refractivity contribution in [3.8, 4) is 11.5 Å². The zero-order chi connectivity index (χ0) is 22.0. The summed E-state index contributed by atoms with van der Waals surface area (Å²) >= 11 is 6.28. The predicted octanol–water partition coefficient (Wildman–Crippen LogP) is 5.98. The topological polar surface area (TPSA) is 60.5 Å². The number of aromatic nitrogens is 1. The zero-order valence-corrected chi connectivity index (χ0v) is 18.6. The summed E-state index contributed by atoms with van der Waals surface area (Å²) in [5.74, 6) is 1.53. The van der Waals surface area contributed by atoms with Gasteiger partial charge in [0.1, 0.15) is 29.5 Å². The Morgan fingerprint density at radius 1 is 1.23 bits per heavy atom. The molecular weight excluding hydrogens is 412 g/mol. The van der Waals surface area contributed by atoms with Crippen molar-refractivity contribution in [2.75, 3.05) is 5.32 Å². The van der Waals surface area contributed by atoms with Crippen molar-refractivity contribution in [2.45, 2.75) is 45.8 Å². The summed E-state index contributed by atoms with van der Waals surface area (Å²) < 4.78 is 12.3. The monoisotopic (exact) mass is 436 g/mol. The molecule has 1 N–H and O–H groups in total. The van der Waals surface area contributed by atoms with Gasteiger partial charge in [0.15, 0.2) is 0 Å². The standard InChI is InChI=1S/C25H25ClN2O3/c1-16-8-9-23(27-14-16)28-24(29)18-12-21(30-15-17-6-4-5-7-20(17)26)19-10-11-25(2,3)31-22(19)13-18/h4-9,12-14H,10-11,15H2,1-3H3,(H,27,28,29). The fourth-order valence-corrected chi connectivity index (χ4v) is 3.68. The summed E-state index contributed by atoms with van der Waals surface area (Å²) in [4.78, 5) is 17.2. The molecule has 2 heterocycles. The van der Waals surface area contributed by atoms with Crippen LogP contribution in [0.15, 0.2) is 54.7 Å². The molecule has 0 bridgehead atoms. The van der Waals surface area contributed by atoms with Crippen LogP contribution in [0.3, 0.4) is 0 Å². The number of halogens is 1. The normalized spacial score (nSPS) is 14.3. The molecular formula is C25H25ClN2O3. The van der Waals surface area contributed by atoms with Gasteiger partial charge in [-0.3, -0.25) is 4.79 Å². The average Bonchev–Trinajstić information content (AvgIpc) is 2.73. The van der Waals surface area contributed by atoms with Crippen LogP contribution in [-0.4, -0.2) is 16.5 Å². The van der Waals surface area contributed by atoms with E-state index in [1.807, 2.05) is 51.1 Å². The van der Waals surface area contributed by atoms with Crippen molar-refractivity contribution in [3.05, 3.63) is 82.0 Å². The molecule has 0 aliphatic carbocycles. The van der Waals surface area contributed by atoms with Crippen molar-refractivity contribution in [3.63, 3.8) is 0 Å². The van der Waals surface area contributed by atoms with Crippen LogP contribution in [0.5, 0.6) is 11.5 Å². The highest BCUT2D eigenvalue weighted by atomic mass is 35.5. The Hall–Kier alpha value is -3.05. The van der Waals surface area contributed by atoms with Gasteiger partial charge in [-0.2, -0.15) is 0 Å². The lowest BCUT2D eigenvalue weighted by molar-refractivity contribution is 0.0825. The number of pyridine rings is 1. The SMILES string of the molecule is Cc1ccc(NC(=O)c2cc(OCc3ccccc3Cl)c3c(c2)OC(C)(C)CC3)nc1. The Labute approximate surface area is 187 Å². The number of fused-ring (bicyclic) bond motifs is 1. The summed E-state index contributed by atoms with van der Waals surface area (Å²) in [5.41, 5.74) is 3.02. The molecule has 5 nitrogen and oxygen atoms in total. The Balaban J connectivity index is 1.64. The fourth-order valence-electron chi connectivity index (χ4n) is 3.49. The second-order valence-electron chi connectivity index (χ2n) is 8.37. The van der Waals surface area contributed by atoms with E-state index in [0.717, 1.165) is 29.5 Å². The number of nitrogens with zero attached hydrogens (tertiary/aromatic N) is 1. The molecule has 0 spiro atoms. The molecule has 0 saturated carbocycles. The van der Waals surface area contributed by atoms with Crippen LogP contribution in [0.2, 0.25) is 5.02 Å². The van der Waals surface area contributed by atoms with Gasteiger partial charge in [0.05, 0.1) is 0 Å². The molecule has 1 aliphatic heterocycles. The minimum atomic E-state index is -0.305. The first-order valence-corrected chi connectivity index (χ1v) is 10.6. The fraction of sp³-hybridized carbons (Fsp3) is 0.280. The third-order valence-corrected chi connectivity index (χ3v) is 5.66. The van der Waals surface area contributed by atoms with Gasteiger partial charge in [-0.05, 0) is 63.4 Å². The first-order chi connectivity index (χ1) is 14.8. The number of rotatable bonds is 5. The van der Waals surface area contributed by atoms with E-state index in [1.54, 1.807) is 24.4 Å². The molecule has 0 fully saturated rings. The summed E-state index contributed by atoms with van der Waals surface area (Å²) in [6, 6.07) is 14.8. The van der Waals surface area contributed by atoms with Crippen LogP contribution >= 0.6 is 11.6 Å². The van der Waals surface area contributed by atoms with Crippen LogP contribution in [0, 0.1) is 6.92 Å². The molecule has 0 radical (unpaired) electrons. The number of aryl methyl sites for hydroxylation is 1. The number of carbonyl (C=O) groups is 1. The molecule has 3 aromatic rings. The summed E-state index contributed by atoms with van der Waals surface area (Å²) in [6.45, 7) is 6.34. The third kappa shape index (κ3) is 5.00. The van der Waals surface area contributed by atoms with E-state index in [1.165, 1.54) is 0 Å². The van der Waals surface area contributed by atoms with Crippen molar-refractivity contribution >= 4 is 23.3 Å². The number of hydrogen-bond acceptors (Lipinski definition) is 4. The number of benzene rings is 2. The molecule has 31 heavy (non-hydrogen) atoms. The summed E-state index contributed by atoms with van der Waals surface area (Å²) in [7, 11) is 0. The lowest BCUT2D eigenvalue weighted by atomic mass is 9.92.